The van der Waals surface area contributed by atoms with E-state index in [-0.39, 0.29) is 5.97 Å². The molecule has 0 saturated carbocycles. The van der Waals surface area contributed by atoms with Crippen LogP contribution in [0.3, 0.4) is 0 Å². The van der Waals surface area contributed by atoms with Crippen LogP contribution in [0.25, 0.3) is 0 Å². The summed E-state index contributed by atoms with van der Waals surface area (Å²) in [5.74, 6) is 0.613. The van der Waals surface area contributed by atoms with Crippen molar-refractivity contribution in [2.24, 2.45) is 0 Å². The number of hydrogen-bond acceptors (Lipinski definition) is 3. The predicted molar refractivity (Wildman–Crippen MR) is 82.3 cm³/mol. The van der Waals surface area contributed by atoms with E-state index in [4.69, 9.17) is 9.47 Å². The van der Waals surface area contributed by atoms with Gasteiger partial charge in [-0.3, -0.25) is 4.79 Å². The van der Waals surface area contributed by atoms with Gasteiger partial charge in [0, 0.05) is 0 Å². The van der Waals surface area contributed by atoms with Gasteiger partial charge in [-0.05, 0) is 42.7 Å². The van der Waals surface area contributed by atoms with Gasteiger partial charge in [-0.1, -0.05) is 36.4 Å². The number of ether oxygens (including phenoxy) is 2. The highest BCUT2D eigenvalue weighted by Gasteiger charge is 2.07. The zero-order valence-electron chi connectivity index (χ0n) is 12.5. The van der Waals surface area contributed by atoms with Gasteiger partial charge in [0.15, 0.2) is 0 Å². The Hall–Kier alpha value is -2.29. The van der Waals surface area contributed by atoms with Crippen LogP contribution < -0.4 is 4.74 Å². The van der Waals surface area contributed by atoms with E-state index in [1.165, 1.54) is 0 Å². The molecule has 2 aromatic rings. The Morgan fingerprint density at radius 1 is 1.10 bits per heavy atom. The van der Waals surface area contributed by atoms with Crippen molar-refractivity contribution in [2.75, 3.05) is 6.61 Å². The zero-order valence-corrected chi connectivity index (χ0v) is 12.5. The lowest BCUT2D eigenvalue weighted by Gasteiger charge is -2.10. The second-order valence-electron chi connectivity index (χ2n) is 4.84. The minimum atomic E-state index is -0.196. The number of esters is 1. The maximum Gasteiger partial charge on any atom is 0.310 e. The molecule has 3 nitrogen and oxygen atoms in total. The van der Waals surface area contributed by atoms with Gasteiger partial charge in [0.25, 0.3) is 0 Å². The van der Waals surface area contributed by atoms with Crippen molar-refractivity contribution in [3.8, 4) is 5.75 Å². The van der Waals surface area contributed by atoms with Gasteiger partial charge in [0.1, 0.15) is 12.4 Å². The molecule has 110 valence electrons. The van der Waals surface area contributed by atoms with Gasteiger partial charge >= 0.3 is 5.97 Å². The van der Waals surface area contributed by atoms with Gasteiger partial charge in [0.05, 0.1) is 13.0 Å². The molecule has 0 atom stereocenters. The summed E-state index contributed by atoms with van der Waals surface area (Å²) in [5.41, 5.74) is 3.14. The van der Waals surface area contributed by atoms with Crippen LogP contribution in [0, 0.1) is 6.92 Å². The summed E-state index contributed by atoms with van der Waals surface area (Å²) in [5, 5.41) is 0. The van der Waals surface area contributed by atoms with E-state index >= 15 is 0 Å². The molecule has 0 radical (unpaired) electrons. The quantitative estimate of drug-likeness (QED) is 0.759. The molecule has 0 unspecified atom stereocenters. The molecule has 3 heteroatoms. The summed E-state index contributed by atoms with van der Waals surface area (Å²) in [4.78, 5) is 11.5. The highest BCUT2D eigenvalue weighted by molar-refractivity contribution is 5.73. The number of hydrogen-bond donors (Lipinski definition) is 0. The molecule has 2 aromatic carbocycles. The van der Waals surface area contributed by atoms with Crippen LogP contribution in [0.1, 0.15) is 23.6 Å². The van der Waals surface area contributed by atoms with Crippen molar-refractivity contribution in [1.29, 1.82) is 0 Å². The molecule has 21 heavy (non-hydrogen) atoms. The molecule has 0 heterocycles. The molecule has 0 fully saturated rings. The fourth-order valence-electron chi connectivity index (χ4n) is 2.06. The topological polar surface area (TPSA) is 35.5 Å². The Balaban J connectivity index is 1.97. The van der Waals surface area contributed by atoms with E-state index in [1.54, 1.807) is 0 Å². The Kier molecular flexibility index (Phi) is 5.38. The maximum atomic E-state index is 11.5. The van der Waals surface area contributed by atoms with Gasteiger partial charge in [-0.25, -0.2) is 0 Å². The van der Waals surface area contributed by atoms with Crippen LogP contribution in [-0.4, -0.2) is 12.6 Å². The number of carbonyl (C=O) groups is 1. The Bertz CT molecular complexity index is 591. The Morgan fingerprint density at radius 2 is 1.86 bits per heavy atom. The largest absolute Gasteiger partial charge is 0.489 e. The first kappa shape index (κ1) is 15.1. The SMILES string of the molecule is CCOC(=O)Cc1ccc(OCc2ccccc2)cc1C. The van der Waals surface area contributed by atoms with Crippen molar-refractivity contribution in [3.63, 3.8) is 0 Å². The minimum Gasteiger partial charge on any atom is -0.489 e. The van der Waals surface area contributed by atoms with Gasteiger partial charge in [-0.15, -0.1) is 0 Å². The fraction of sp³-hybridized carbons (Fsp3) is 0.278. The van der Waals surface area contributed by atoms with Crippen LogP contribution in [-0.2, 0) is 22.6 Å². The highest BCUT2D eigenvalue weighted by Crippen LogP contribution is 2.19. The molecule has 0 amide bonds. The zero-order chi connectivity index (χ0) is 15.1. The summed E-state index contributed by atoms with van der Waals surface area (Å²) < 4.78 is 10.7. The monoisotopic (exact) mass is 284 g/mol. The first-order valence-corrected chi connectivity index (χ1v) is 7.11. The Morgan fingerprint density at radius 3 is 2.52 bits per heavy atom. The third-order valence-corrected chi connectivity index (χ3v) is 3.20. The van der Waals surface area contributed by atoms with Crippen LogP contribution in [0.5, 0.6) is 5.75 Å². The first-order valence-electron chi connectivity index (χ1n) is 7.11. The van der Waals surface area contributed by atoms with Crippen molar-refractivity contribution in [2.45, 2.75) is 26.9 Å². The number of carbonyl (C=O) groups excluding carboxylic acids is 1. The average Bonchev–Trinajstić information content (AvgIpc) is 2.49. The fourth-order valence-corrected chi connectivity index (χ4v) is 2.06. The van der Waals surface area contributed by atoms with Gasteiger partial charge in [-0.2, -0.15) is 0 Å². The van der Waals surface area contributed by atoms with E-state index in [0.29, 0.717) is 19.6 Å². The molecular weight excluding hydrogens is 264 g/mol. The number of benzene rings is 2. The van der Waals surface area contributed by atoms with Crippen LogP contribution in [0.2, 0.25) is 0 Å². The molecule has 0 aliphatic rings. The average molecular weight is 284 g/mol. The molecule has 0 N–H and O–H groups in total. The smallest absolute Gasteiger partial charge is 0.310 e. The van der Waals surface area contributed by atoms with Crippen LogP contribution in [0.15, 0.2) is 48.5 Å². The number of aryl methyl sites for hydroxylation is 1. The lowest BCUT2D eigenvalue weighted by atomic mass is 10.1. The minimum absolute atomic E-state index is 0.196. The van der Waals surface area contributed by atoms with E-state index in [2.05, 4.69) is 0 Å². The third-order valence-electron chi connectivity index (χ3n) is 3.20. The summed E-state index contributed by atoms with van der Waals surface area (Å²) in [6.07, 6.45) is 0.304. The summed E-state index contributed by atoms with van der Waals surface area (Å²) in [6.45, 7) is 4.74. The molecule has 0 spiro atoms. The van der Waals surface area contributed by atoms with Crippen LogP contribution >= 0.6 is 0 Å². The molecule has 0 aromatic heterocycles. The van der Waals surface area contributed by atoms with Crippen molar-refractivity contribution in [1.82, 2.24) is 0 Å². The first-order chi connectivity index (χ1) is 10.2. The van der Waals surface area contributed by atoms with Gasteiger partial charge in [0.2, 0.25) is 0 Å². The Labute approximate surface area is 125 Å². The second-order valence-corrected chi connectivity index (χ2v) is 4.84. The standard InChI is InChI=1S/C18H20O3/c1-3-20-18(19)12-16-9-10-17(11-14(16)2)21-13-15-7-5-4-6-8-15/h4-11H,3,12-13H2,1-2H3. The summed E-state index contributed by atoms with van der Waals surface area (Å²) >= 11 is 0. The lowest BCUT2D eigenvalue weighted by Crippen LogP contribution is -2.08. The molecular formula is C18H20O3. The summed E-state index contributed by atoms with van der Waals surface area (Å²) in [6, 6.07) is 15.8. The van der Waals surface area contributed by atoms with E-state index < -0.39 is 0 Å². The van der Waals surface area contributed by atoms with Gasteiger partial charge < -0.3 is 9.47 Å². The van der Waals surface area contributed by atoms with E-state index in [0.717, 1.165) is 22.4 Å². The summed E-state index contributed by atoms with van der Waals surface area (Å²) in [7, 11) is 0. The lowest BCUT2D eigenvalue weighted by molar-refractivity contribution is -0.142. The predicted octanol–water partition coefficient (Wildman–Crippen LogP) is 3.68. The van der Waals surface area contributed by atoms with Crippen molar-refractivity contribution >= 4 is 5.97 Å². The van der Waals surface area contributed by atoms with Crippen molar-refractivity contribution < 1.29 is 14.3 Å². The van der Waals surface area contributed by atoms with E-state index in [9.17, 15) is 4.79 Å². The van der Waals surface area contributed by atoms with Crippen molar-refractivity contribution in [3.05, 3.63) is 65.2 Å². The van der Waals surface area contributed by atoms with E-state index in [1.807, 2.05) is 62.4 Å². The highest BCUT2D eigenvalue weighted by atomic mass is 16.5. The molecule has 0 aliphatic heterocycles. The van der Waals surface area contributed by atoms with Crippen LogP contribution in [0.4, 0.5) is 0 Å². The molecule has 2 rings (SSSR count). The second kappa shape index (κ2) is 7.48. The third kappa shape index (κ3) is 4.63. The molecule has 0 bridgehead atoms. The molecule has 0 saturated heterocycles. The number of rotatable bonds is 6. The maximum absolute atomic E-state index is 11.5. The normalized spacial score (nSPS) is 10.2. The molecule has 0 aliphatic carbocycles.